The van der Waals surface area contributed by atoms with Crippen LogP contribution in [0.2, 0.25) is 0 Å². The normalized spacial score (nSPS) is 10.7. The van der Waals surface area contributed by atoms with E-state index >= 15 is 0 Å². The smallest absolute Gasteiger partial charge is 0.488 e. The summed E-state index contributed by atoms with van der Waals surface area (Å²) in [5, 5.41) is 0. The Morgan fingerprint density at radius 1 is 1.58 bits per heavy atom. The van der Waals surface area contributed by atoms with Gasteiger partial charge in [-0.2, -0.15) is 0 Å². The van der Waals surface area contributed by atoms with Crippen molar-refractivity contribution < 1.29 is 24.5 Å². The Labute approximate surface area is 73.8 Å². The van der Waals surface area contributed by atoms with E-state index in [1.807, 2.05) is 0 Å². The van der Waals surface area contributed by atoms with E-state index < -0.39 is 8.25 Å². The van der Waals surface area contributed by atoms with Crippen molar-refractivity contribution in [2.24, 2.45) is 0 Å². The Morgan fingerprint density at radius 2 is 2.08 bits per heavy atom. The van der Waals surface area contributed by atoms with Gasteiger partial charge in [0.15, 0.2) is 0 Å². The van der Waals surface area contributed by atoms with Crippen LogP contribution in [0.1, 0.15) is 13.8 Å². The summed E-state index contributed by atoms with van der Waals surface area (Å²) in [5.41, 5.74) is 3.55. The van der Waals surface area contributed by atoms with Crippen LogP contribution in [0.5, 0.6) is 0 Å². The fourth-order valence-corrected chi connectivity index (χ4v) is 0.661. The zero-order valence-corrected chi connectivity index (χ0v) is 8.67. The van der Waals surface area contributed by atoms with E-state index in [0.717, 1.165) is 13.2 Å². The molecule has 0 aromatic carbocycles. The first-order valence-corrected chi connectivity index (χ1v) is 4.73. The van der Waals surface area contributed by atoms with Crippen LogP contribution in [0.3, 0.4) is 0 Å². The van der Waals surface area contributed by atoms with Crippen LogP contribution < -0.4 is 10.6 Å². The first kappa shape index (κ1) is 14.5. The molecule has 0 saturated heterocycles. The quantitative estimate of drug-likeness (QED) is 0.605. The highest BCUT2D eigenvalue weighted by Gasteiger charge is 2.03. The van der Waals surface area contributed by atoms with Crippen LogP contribution in [0.25, 0.3) is 0 Å². The van der Waals surface area contributed by atoms with E-state index in [-0.39, 0.29) is 6.10 Å². The first-order valence-electron chi connectivity index (χ1n) is 3.64. The van der Waals surface area contributed by atoms with Gasteiger partial charge in [0.25, 0.3) is 0 Å². The molecule has 0 spiro atoms. The lowest BCUT2D eigenvalue weighted by atomic mass is 10.5. The number of ether oxygens (including phenoxy) is 1. The number of rotatable bonds is 4. The highest BCUT2D eigenvalue weighted by atomic mass is 31.1. The minimum Gasteiger partial charge on any atom is -0.566 e. The molecule has 0 rings (SSSR count). The zero-order valence-electron chi connectivity index (χ0n) is 7.78. The molecule has 74 valence electrons. The SMILES string of the molecule is CC(C)O[P+](=O)[O-].COCC[NH3+]. The van der Waals surface area contributed by atoms with E-state index in [4.69, 9.17) is 0 Å². The molecule has 12 heavy (non-hydrogen) atoms. The standard InChI is InChI=1S/C3H9NO.C3H7O3P/c1-5-3-2-4;1-3(2)6-7(4)5/h2-4H2,1H3;3H,1-2H3/p+1. The number of hydrogen-bond donors (Lipinski definition) is 1. The summed E-state index contributed by atoms with van der Waals surface area (Å²) in [6.07, 6.45) is -0.221. The molecule has 1 atom stereocenters. The maximum atomic E-state index is 9.62. The van der Waals surface area contributed by atoms with Gasteiger partial charge in [0.1, 0.15) is 6.10 Å². The van der Waals surface area contributed by atoms with Gasteiger partial charge < -0.3 is 15.4 Å². The van der Waals surface area contributed by atoms with Gasteiger partial charge >= 0.3 is 8.25 Å². The predicted octanol–water partition coefficient (Wildman–Crippen LogP) is -0.696. The molecule has 0 fully saturated rings. The summed E-state index contributed by atoms with van der Waals surface area (Å²) in [6.45, 7) is 4.97. The topological polar surface area (TPSA) is 86.2 Å². The lowest BCUT2D eigenvalue weighted by Gasteiger charge is -1.91. The molecule has 0 amide bonds. The summed E-state index contributed by atoms with van der Waals surface area (Å²) in [6, 6.07) is 0. The Balaban J connectivity index is 0. The Kier molecular flexibility index (Phi) is 13.2. The third-order valence-electron chi connectivity index (χ3n) is 0.645. The summed E-state index contributed by atoms with van der Waals surface area (Å²) < 4.78 is 18.5. The predicted molar refractivity (Wildman–Crippen MR) is 43.5 cm³/mol. The Hall–Kier alpha value is -0.0600. The van der Waals surface area contributed by atoms with Crippen LogP contribution in [0, 0.1) is 0 Å². The van der Waals surface area contributed by atoms with Gasteiger partial charge in [-0.1, -0.05) is 0 Å². The van der Waals surface area contributed by atoms with Gasteiger partial charge in [0.05, 0.1) is 13.2 Å². The number of hydrogen-bond acceptors (Lipinski definition) is 4. The van der Waals surface area contributed by atoms with Crippen molar-refractivity contribution in [1.82, 2.24) is 0 Å². The molecular weight excluding hydrogens is 181 g/mol. The van der Waals surface area contributed by atoms with Gasteiger partial charge in [-0.25, -0.2) is 0 Å². The van der Waals surface area contributed by atoms with Crippen LogP contribution in [-0.2, 0) is 13.8 Å². The molecule has 0 aliphatic heterocycles. The third-order valence-corrected chi connectivity index (χ3v) is 1.24. The molecule has 0 saturated carbocycles. The largest absolute Gasteiger partial charge is 0.566 e. The van der Waals surface area contributed by atoms with Crippen LogP contribution in [0.15, 0.2) is 0 Å². The lowest BCUT2D eigenvalue weighted by Crippen LogP contribution is -2.52. The molecule has 0 aliphatic carbocycles. The van der Waals surface area contributed by atoms with Crippen molar-refractivity contribution >= 4 is 8.25 Å². The maximum Gasteiger partial charge on any atom is 0.488 e. The van der Waals surface area contributed by atoms with Gasteiger partial charge in [0.2, 0.25) is 0 Å². The van der Waals surface area contributed by atoms with Crippen molar-refractivity contribution in [3.8, 4) is 0 Å². The summed E-state index contributed by atoms with van der Waals surface area (Å²) in [7, 11) is -0.968. The molecular formula is C6H17NO4P+. The van der Waals surface area contributed by atoms with E-state index in [0.29, 0.717) is 0 Å². The fraction of sp³-hybridized carbons (Fsp3) is 1.00. The molecule has 0 bridgehead atoms. The van der Waals surface area contributed by atoms with E-state index in [2.05, 4.69) is 15.0 Å². The minimum atomic E-state index is -2.64. The summed E-state index contributed by atoms with van der Waals surface area (Å²) in [4.78, 5) is 9.62. The zero-order chi connectivity index (χ0) is 9.98. The van der Waals surface area contributed by atoms with Gasteiger partial charge in [-0.15, -0.1) is 4.52 Å². The van der Waals surface area contributed by atoms with Crippen molar-refractivity contribution in [2.75, 3.05) is 20.3 Å². The van der Waals surface area contributed by atoms with E-state index in [1.54, 1.807) is 21.0 Å². The van der Waals surface area contributed by atoms with E-state index in [9.17, 15) is 9.46 Å². The summed E-state index contributed by atoms with van der Waals surface area (Å²) >= 11 is 0. The van der Waals surface area contributed by atoms with Crippen molar-refractivity contribution in [2.45, 2.75) is 20.0 Å². The van der Waals surface area contributed by atoms with Crippen LogP contribution in [-0.4, -0.2) is 26.4 Å². The van der Waals surface area contributed by atoms with Crippen LogP contribution >= 0.6 is 8.25 Å². The second-order valence-electron chi connectivity index (χ2n) is 2.22. The van der Waals surface area contributed by atoms with Crippen LogP contribution in [0.4, 0.5) is 0 Å². The van der Waals surface area contributed by atoms with E-state index in [1.165, 1.54) is 0 Å². The Bertz CT molecular complexity index is 108. The van der Waals surface area contributed by atoms with Gasteiger partial charge in [-0.05, 0) is 18.4 Å². The first-order chi connectivity index (χ1) is 5.54. The average Bonchev–Trinajstić information content (AvgIpc) is 1.87. The highest BCUT2D eigenvalue weighted by molar-refractivity contribution is 7.30. The molecule has 0 radical (unpaired) electrons. The van der Waals surface area contributed by atoms with Crippen molar-refractivity contribution in [3.05, 3.63) is 0 Å². The fourth-order valence-electron chi connectivity index (χ4n) is 0.316. The van der Waals surface area contributed by atoms with Gasteiger partial charge in [0, 0.05) is 7.11 Å². The lowest BCUT2D eigenvalue weighted by molar-refractivity contribution is -0.373. The Morgan fingerprint density at radius 3 is 2.08 bits per heavy atom. The molecule has 6 heteroatoms. The maximum absolute atomic E-state index is 9.62. The monoisotopic (exact) mass is 198 g/mol. The van der Waals surface area contributed by atoms with Crippen molar-refractivity contribution in [1.29, 1.82) is 0 Å². The molecule has 0 aromatic heterocycles. The molecule has 5 nitrogen and oxygen atoms in total. The summed E-state index contributed by atoms with van der Waals surface area (Å²) in [5.74, 6) is 0. The molecule has 0 aliphatic rings. The average molecular weight is 198 g/mol. The highest BCUT2D eigenvalue weighted by Crippen LogP contribution is 2.11. The minimum absolute atomic E-state index is 0.221. The molecule has 3 N–H and O–H groups in total. The second kappa shape index (κ2) is 10.9. The van der Waals surface area contributed by atoms with Gasteiger partial charge in [-0.3, -0.25) is 0 Å². The number of methoxy groups -OCH3 is 1. The molecule has 1 unspecified atom stereocenters. The second-order valence-corrected chi connectivity index (χ2v) is 2.88. The molecule has 0 aromatic rings. The van der Waals surface area contributed by atoms with Crippen molar-refractivity contribution in [3.63, 3.8) is 0 Å². The third kappa shape index (κ3) is 22.5. The molecule has 0 heterocycles. The number of quaternary nitrogens is 1.